The zero-order valence-electron chi connectivity index (χ0n) is 42.6. The summed E-state index contributed by atoms with van der Waals surface area (Å²) in [5.74, 6) is -2.31. The fourth-order valence-electron chi connectivity index (χ4n) is 7.42. The van der Waals surface area contributed by atoms with E-state index in [4.69, 9.17) is 0 Å². The number of pyridine rings is 1. The fourth-order valence-corrected chi connectivity index (χ4v) is 10.8. The van der Waals surface area contributed by atoms with Crippen LogP contribution in [0.2, 0.25) is 0 Å². The number of aromatic nitrogens is 4. The van der Waals surface area contributed by atoms with Crippen molar-refractivity contribution in [2.75, 3.05) is 38.9 Å². The van der Waals surface area contributed by atoms with Gasteiger partial charge in [0.2, 0.25) is 17.8 Å². The lowest BCUT2D eigenvalue weighted by Gasteiger charge is -2.16. The minimum atomic E-state index is -5.07. The van der Waals surface area contributed by atoms with Crippen LogP contribution in [0.1, 0.15) is 22.3 Å². The van der Waals surface area contributed by atoms with Gasteiger partial charge in [-0.05, 0) is 103 Å². The number of anilines is 9. The van der Waals surface area contributed by atoms with Crippen LogP contribution in [0.4, 0.5) is 73.6 Å². The first-order valence-corrected chi connectivity index (χ1v) is 31.4. The second-order valence-electron chi connectivity index (χ2n) is 17.1. The minimum absolute atomic E-state index is 0.0551. The number of benzene rings is 5. The van der Waals surface area contributed by atoms with Gasteiger partial charge in [-0.25, -0.2) is 4.98 Å². The molecule has 0 radical (unpaired) electrons. The van der Waals surface area contributed by atoms with Gasteiger partial charge in [0, 0.05) is 34.7 Å². The van der Waals surface area contributed by atoms with Crippen molar-refractivity contribution in [1.82, 2.24) is 19.9 Å². The van der Waals surface area contributed by atoms with E-state index < -0.39 is 100 Å². The molecule has 0 amide bonds. The van der Waals surface area contributed by atoms with Crippen molar-refractivity contribution in [3.8, 4) is 29.3 Å². The lowest BCUT2D eigenvalue weighted by atomic mass is 10.0. The molecule has 0 aliphatic carbocycles. The SMILES string of the molecule is Cc1c(C#N)c(Nc2ccc(S(=O)(=O)O)cc2)nc(Nc2ccc(S(=O)(=O)O)cc2)c1N=Nc1sc(N=Nc2ccccc2C#N)c(-c2ccc(Nc3nc(NCCS(=O)(=O)O)nc(Nc4cc(S(=O)(=O)O)ccc4S(=O)(=O)O)n3)cc2)c1C#N. The van der Waals surface area contributed by atoms with Gasteiger partial charge in [-0.2, -0.15) is 72.8 Å². The highest BCUT2D eigenvalue weighted by Crippen LogP contribution is 2.49. The molecule has 0 aliphatic heterocycles. The van der Waals surface area contributed by atoms with E-state index in [9.17, 15) is 80.6 Å². The summed E-state index contributed by atoms with van der Waals surface area (Å²) < 4.78 is 167. The maximum absolute atomic E-state index is 12.3. The Labute approximate surface area is 486 Å². The van der Waals surface area contributed by atoms with Crippen LogP contribution >= 0.6 is 11.3 Å². The lowest BCUT2D eigenvalue weighted by molar-refractivity contribution is 0.479. The van der Waals surface area contributed by atoms with E-state index in [0.29, 0.717) is 23.8 Å². The van der Waals surface area contributed by atoms with Crippen LogP contribution in [0.3, 0.4) is 0 Å². The molecule has 5 aromatic carbocycles. The van der Waals surface area contributed by atoms with Crippen LogP contribution in [0, 0.1) is 40.9 Å². The standard InChI is InChI=1S/C48H36N16O15S6/c1-26-35(24-50)42(53-29-10-14-32(15-11-29)82(68,69)70)57-43(54-30-12-16-33(17-13-30)83(71,72)73)41(26)62-63-44-36(25-51)40(45(80-44)64-61-37-5-3-2-4-28(37)23-49)27-6-8-31(9-7-27)55-47-58-46(52-20-21-81(65,66)67)59-48(60-47)56-38-22-34(84(74,75)76)18-19-39(38)85(77,78)79/h2-19,22H,20-21H2,1H3,(H2,53,54,57)(H,65,66,67)(H,68,69,70)(H,71,72,73)(H,74,75,76)(H,77,78,79)(H3,52,55,56,58,59,60). The highest BCUT2D eigenvalue weighted by Gasteiger charge is 2.25. The topological polar surface area (TPSA) is 504 Å². The largest absolute Gasteiger partial charge is 0.353 e. The summed E-state index contributed by atoms with van der Waals surface area (Å²) in [5, 5.41) is 62.5. The number of rotatable bonds is 21. The van der Waals surface area contributed by atoms with Gasteiger partial charge in [0.15, 0.2) is 16.6 Å². The van der Waals surface area contributed by atoms with Crippen LogP contribution in [0.25, 0.3) is 11.1 Å². The summed E-state index contributed by atoms with van der Waals surface area (Å²) in [6.45, 7) is 1.01. The van der Waals surface area contributed by atoms with Gasteiger partial charge < -0.3 is 26.6 Å². The van der Waals surface area contributed by atoms with Gasteiger partial charge in [-0.1, -0.05) is 35.6 Å². The third-order valence-corrected chi connectivity index (χ3v) is 16.5. The average molecular weight is 1270 g/mol. The number of nitrogens with one attached hydrogen (secondary N) is 5. The average Bonchev–Trinajstić information content (AvgIpc) is 4.00. The van der Waals surface area contributed by atoms with E-state index in [-0.39, 0.29) is 83.8 Å². The first kappa shape index (κ1) is 61.3. The summed E-state index contributed by atoms with van der Waals surface area (Å²) in [4.78, 5) is 14.4. The van der Waals surface area contributed by atoms with Crippen molar-refractivity contribution in [3.05, 3.63) is 138 Å². The van der Waals surface area contributed by atoms with Gasteiger partial charge in [-0.15, -0.1) is 20.5 Å². The summed E-state index contributed by atoms with van der Waals surface area (Å²) in [7, 11) is -23.7. The molecule has 3 aromatic heterocycles. The monoisotopic (exact) mass is 1270 g/mol. The molecule has 0 spiro atoms. The highest BCUT2D eigenvalue weighted by molar-refractivity contribution is 7.87. The third-order valence-electron chi connectivity index (χ3n) is 11.3. The zero-order valence-corrected chi connectivity index (χ0v) is 47.5. The van der Waals surface area contributed by atoms with Crippen molar-refractivity contribution < 1.29 is 64.9 Å². The van der Waals surface area contributed by atoms with Crippen LogP contribution in [-0.2, 0) is 50.6 Å². The number of hydrogen-bond acceptors (Lipinski definition) is 27. The van der Waals surface area contributed by atoms with Crippen LogP contribution in [0.15, 0.2) is 155 Å². The molecule has 434 valence electrons. The van der Waals surface area contributed by atoms with E-state index in [0.717, 1.165) is 35.6 Å². The van der Waals surface area contributed by atoms with Crippen LogP contribution in [-0.4, -0.2) is 97.1 Å². The van der Waals surface area contributed by atoms with Crippen LogP contribution < -0.4 is 26.6 Å². The van der Waals surface area contributed by atoms with Gasteiger partial charge in [0.25, 0.3) is 50.6 Å². The van der Waals surface area contributed by atoms with E-state index >= 15 is 0 Å². The number of nitrogens with zero attached hydrogens (tertiary/aromatic N) is 11. The van der Waals surface area contributed by atoms with Crippen molar-refractivity contribution in [2.24, 2.45) is 20.5 Å². The molecule has 8 aromatic rings. The second kappa shape index (κ2) is 24.6. The predicted octanol–water partition coefficient (Wildman–Crippen LogP) is 9.01. The molecule has 10 N–H and O–H groups in total. The molecule has 31 nitrogen and oxygen atoms in total. The quantitative estimate of drug-likeness (QED) is 0.0237. The molecule has 37 heteroatoms. The highest BCUT2D eigenvalue weighted by atomic mass is 32.2. The Morgan fingerprint density at radius 3 is 1.59 bits per heavy atom. The van der Waals surface area contributed by atoms with E-state index in [1.165, 1.54) is 67.6 Å². The molecule has 0 fully saturated rings. The Kier molecular flexibility index (Phi) is 17.7. The van der Waals surface area contributed by atoms with Crippen LogP contribution in [0.5, 0.6) is 0 Å². The summed E-state index contributed by atoms with van der Waals surface area (Å²) in [6.07, 6.45) is 0. The first-order valence-electron chi connectivity index (χ1n) is 23.2. The van der Waals surface area contributed by atoms with E-state index in [2.05, 4.69) is 73.0 Å². The maximum atomic E-state index is 12.3. The normalized spacial score (nSPS) is 12.1. The van der Waals surface area contributed by atoms with Gasteiger partial charge in [0.1, 0.15) is 45.0 Å². The minimum Gasteiger partial charge on any atom is -0.353 e. The van der Waals surface area contributed by atoms with Gasteiger partial charge in [-0.3, -0.25) is 22.8 Å². The molecular formula is C48H36N16O15S6. The Hall–Kier alpha value is -9.82. The summed E-state index contributed by atoms with van der Waals surface area (Å²) >= 11 is 0.822. The number of thiophene rings is 1. The molecule has 0 saturated carbocycles. The number of nitriles is 3. The number of hydrogen-bond donors (Lipinski definition) is 10. The third kappa shape index (κ3) is 15.3. The summed E-state index contributed by atoms with van der Waals surface area (Å²) in [6, 6.07) is 29.9. The summed E-state index contributed by atoms with van der Waals surface area (Å²) in [5.41, 5.74) is 0.516. The number of azo groups is 2. The molecule has 0 aliphatic rings. The molecule has 0 atom stereocenters. The molecule has 85 heavy (non-hydrogen) atoms. The van der Waals surface area contributed by atoms with E-state index in [1.807, 2.05) is 12.1 Å². The first-order chi connectivity index (χ1) is 40.0. The predicted molar refractivity (Wildman–Crippen MR) is 304 cm³/mol. The van der Waals surface area contributed by atoms with Crippen molar-refractivity contribution >= 4 is 136 Å². The van der Waals surface area contributed by atoms with Crippen molar-refractivity contribution in [3.63, 3.8) is 0 Å². The Morgan fingerprint density at radius 1 is 0.518 bits per heavy atom. The van der Waals surface area contributed by atoms with Crippen molar-refractivity contribution in [1.29, 1.82) is 15.8 Å². The van der Waals surface area contributed by atoms with Crippen molar-refractivity contribution in [2.45, 2.75) is 26.5 Å². The van der Waals surface area contributed by atoms with Gasteiger partial charge >= 0.3 is 0 Å². The van der Waals surface area contributed by atoms with Gasteiger partial charge in [0.05, 0.1) is 37.3 Å². The fraction of sp³-hybridized carbons (Fsp3) is 0.0625. The Balaban J connectivity index is 1.21. The zero-order chi connectivity index (χ0) is 61.6. The lowest BCUT2D eigenvalue weighted by Crippen LogP contribution is -2.17. The smallest absolute Gasteiger partial charge is 0.296 e. The molecule has 0 bridgehead atoms. The molecule has 3 heterocycles. The molecule has 0 saturated heterocycles. The molecular weight excluding hydrogens is 1230 g/mol. The second-order valence-corrected chi connectivity index (χ2v) is 25.3. The molecule has 0 unspecified atom stereocenters. The Morgan fingerprint density at radius 2 is 1.04 bits per heavy atom. The maximum Gasteiger partial charge on any atom is 0.296 e. The van der Waals surface area contributed by atoms with E-state index in [1.54, 1.807) is 12.1 Å². The molecule has 8 rings (SSSR count). The Bertz CT molecular complexity index is 4760.